The van der Waals surface area contributed by atoms with Gasteiger partial charge >= 0.3 is 6.18 Å². The molecule has 4 nitrogen and oxygen atoms in total. The molecular formula is C21H15ClF3N3O. The van der Waals surface area contributed by atoms with Crippen LogP contribution in [0.3, 0.4) is 0 Å². The first kappa shape index (κ1) is 19.3. The van der Waals surface area contributed by atoms with E-state index in [2.05, 4.69) is 15.5 Å². The molecule has 1 aromatic heterocycles. The van der Waals surface area contributed by atoms with Gasteiger partial charge in [-0.1, -0.05) is 54.1 Å². The van der Waals surface area contributed by atoms with Gasteiger partial charge in [0.05, 0.1) is 16.3 Å². The van der Waals surface area contributed by atoms with E-state index in [-0.39, 0.29) is 16.9 Å². The first-order valence-corrected chi connectivity index (χ1v) is 9.16. The summed E-state index contributed by atoms with van der Waals surface area (Å²) in [6.45, 7) is 0. The molecule has 8 heteroatoms. The molecule has 29 heavy (non-hydrogen) atoms. The van der Waals surface area contributed by atoms with Gasteiger partial charge in [-0.3, -0.25) is 5.43 Å². The van der Waals surface area contributed by atoms with Gasteiger partial charge < -0.3 is 4.74 Å². The number of benzene rings is 2. The van der Waals surface area contributed by atoms with Crippen molar-refractivity contribution in [1.82, 2.24) is 4.98 Å². The van der Waals surface area contributed by atoms with E-state index in [0.29, 0.717) is 17.9 Å². The molecule has 0 aliphatic carbocycles. The zero-order valence-electron chi connectivity index (χ0n) is 14.9. The van der Waals surface area contributed by atoms with Crippen LogP contribution in [0.15, 0.2) is 72.0 Å². The van der Waals surface area contributed by atoms with Crippen molar-refractivity contribution < 1.29 is 17.9 Å². The summed E-state index contributed by atoms with van der Waals surface area (Å²) < 4.78 is 44.5. The molecule has 0 fully saturated rings. The van der Waals surface area contributed by atoms with Crippen LogP contribution in [0.25, 0.3) is 0 Å². The summed E-state index contributed by atoms with van der Waals surface area (Å²) in [5.74, 6) is 0.729. The predicted molar refractivity (Wildman–Crippen MR) is 105 cm³/mol. The summed E-state index contributed by atoms with van der Waals surface area (Å²) in [7, 11) is 0. The number of alkyl halides is 3. The molecule has 2 aromatic carbocycles. The lowest BCUT2D eigenvalue weighted by atomic mass is 9.96. The summed E-state index contributed by atoms with van der Waals surface area (Å²) in [6, 6.07) is 18.0. The number of nitrogens with one attached hydrogen (secondary N) is 1. The number of hydrogen-bond donors (Lipinski definition) is 1. The van der Waals surface area contributed by atoms with Gasteiger partial charge in [-0.2, -0.15) is 18.3 Å². The number of nitrogens with zero attached hydrogens (tertiary/aromatic N) is 2. The van der Waals surface area contributed by atoms with Crippen LogP contribution in [-0.4, -0.2) is 10.7 Å². The SMILES string of the molecule is FC(F)(F)c1cnc(NN=C2CC(c3ccccc3)Oc3ccccc32)c(Cl)c1. The van der Waals surface area contributed by atoms with Crippen molar-refractivity contribution in [2.45, 2.75) is 18.7 Å². The van der Waals surface area contributed by atoms with Crippen molar-refractivity contribution in [3.8, 4) is 5.75 Å². The monoisotopic (exact) mass is 417 g/mol. The zero-order valence-corrected chi connectivity index (χ0v) is 15.7. The van der Waals surface area contributed by atoms with Crippen LogP contribution in [0.2, 0.25) is 5.02 Å². The van der Waals surface area contributed by atoms with Crippen molar-refractivity contribution >= 4 is 23.1 Å². The molecule has 1 aliphatic rings. The minimum Gasteiger partial charge on any atom is -0.485 e. The molecule has 0 saturated carbocycles. The highest BCUT2D eigenvalue weighted by Gasteiger charge is 2.31. The second-order valence-electron chi connectivity index (χ2n) is 6.44. The highest BCUT2D eigenvalue weighted by Crippen LogP contribution is 2.36. The second-order valence-corrected chi connectivity index (χ2v) is 6.85. The summed E-state index contributed by atoms with van der Waals surface area (Å²) >= 11 is 5.96. The average molecular weight is 418 g/mol. The Morgan fingerprint density at radius 1 is 1.07 bits per heavy atom. The molecule has 148 valence electrons. The van der Waals surface area contributed by atoms with Crippen molar-refractivity contribution in [2.75, 3.05) is 5.43 Å². The van der Waals surface area contributed by atoms with E-state index in [1.54, 1.807) is 0 Å². The Morgan fingerprint density at radius 2 is 1.79 bits per heavy atom. The van der Waals surface area contributed by atoms with Gasteiger partial charge in [-0.15, -0.1) is 0 Å². The van der Waals surface area contributed by atoms with Gasteiger partial charge in [0.1, 0.15) is 11.9 Å². The summed E-state index contributed by atoms with van der Waals surface area (Å²) in [5, 5.41) is 4.22. The Morgan fingerprint density at radius 3 is 2.52 bits per heavy atom. The quantitative estimate of drug-likeness (QED) is 0.524. The topological polar surface area (TPSA) is 46.5 Å². The third kappa shape index (κ3) is 4.19. The molecular weight excluding hydrogens is 403 g/mol. The third-order valence-corrected chi connectivity index (χ3v) is 4.77. The molecule has 1 N–H and O–H groups in total. The van der Waals surface area contributed by atoms with Gasteiger partial charge in [-0.05, 0) is 23.8 Å². The molecule has 2 heterocycles. The van der Waals surface area contributed by atoms with E-state index in [1.165, 1.54) is 0 Å². The molecule has 1 atom stereocenters. The van der Waals surface area contributed by atoms with E-state index in [1.807, 2.05) is 54.6 Å². The largest absolute Gasteiger partial charge is 0.485 e. The smallest absolute Gasteiger partial charge is 0.417 e. The van der Waals surface area contributed by atoms with E-state index >= 15 is 0 Å². The van der Waals surface area contributed by atoms with Crippen molar-refractivity contribution in [2.24, 2.45) is 5.10 Å². The number of pyridine rings is 1. The van der Waals surface area contributed by atoms with Crippen molar-refractivity contribution in [3.05, 3.63) is 88.6 Å². The number of rotatable bonds is 3. The highest BCUT2D eigenvalue weighted by atomic mass is 35.5. The fraction of sp³-hybridized carbons (Fsp3) is 0.143. The van der Waals surface area contributed by atoms with Gasteiger partial charge in [0.2, 0.25) is 0 Å². The fourth-order valence-corrected chi connectivity index (χ4v) is 3.25. The molecule has 0 amide bonds. The van der Waals surface area contributed by atoms with Crippen molar-refractivity contribution in [1.29, 1.82) is 0 Å². The first-order valence-electron chi connectivity index (χ1n) is 8.78. The first-order chi connectivity index (χ1) is 13.9. The third-order valence-electron chi connectivity index (χ3n) is 4.48. The molecule has 0 saturated heterocycles. The lowest BCUT2D eigenvalue weighted by Gasteiger charge is -2.27. The molecule has 1 aliphatic heterocycles. The standard InChI is InChI=1S/C21H15ClF3N3O/c22-16-10-14(21(23,24)25)12-26-20(16)28-27-17-11-19(13-6-2-1-3-7-13)29-18-9-5-4-8-15(17)18/h1-10,12,19H,11H2,(H,26,28). The van der Waals surface area contributed by atoms with Gasteiger partial charge in [-0.25, -0.2) is 4.98 Å². The number of aromatic nitrogens is 1. The maximum atomic E-state index is 12.8. The van der Waals surface area contributed by atoms with E-state index < -0.39 is 11.7 Å². The summed E-state index contributed by atoms with van der Waals surface area (Å²) in [4.78, 5) is 3.76. The lowest BCUT2D eigenvalue weighted by Crippen LogP contribution is -2.22. The molecule has 0 radical (unpaired) electrons. The number of fused-ring (bicyclic) bond motifs is 1. The number of hydrogen-bond acceptors (Lipinski definition) is 4. The van der Waals surface area contributed by atoms with Crippen LogP contribution in [0, 0.1) is 0 Å². The second kappa shape index (κ2) is 7.75. The van der Waals surface area contributed by atoms with Crippen LogP contribution in [0.4, 0.5) is 19.0 Å². The lowest BCUT2D eigenvalue weighted by molar-refractivity contribution is -0.137. The van der Waals surface area contributed by atoms with Gasteiger partial charge in [0.15, 0.2) is 5.82 Å². The number of hydrazone groups is 1. The summed E-state index contributed by atoms with van der Waals surface area (Å²) in [6.07, 6.45) is -3.54. The Bertz CT molecular complexity index is 1050. The fourth-order valence-electron chi connectivity index (χ4n) is 3.04. The summed E-state index contributed by atoms with van der Waals surface area (Å²) in [5.41, 5.74) is 4.28. The van der Waals surface area contributed by atoms with Gasteiger partial charge in [0.25, 0.3) is 0 Å². The van der Waals surface area contributed by atoms with Crippen LogP contribution < -0.4 is 10.2 Å². The van der Waals surface area contributed by atoms with E-state index in [4.69, 9.17) is 16.3 Å². The zero-order chi connectivity index (χ0) is 20.4. The Kier molecular flexibility index (Phi) is 5.15. The van der Waals surface area contributed by atoms with Gasteiger partial charge in [0, 0.05) is 18.2 Å². The number of para-hydroxylation sites is 1. The molecule has 1 unspecified atom stereocenters. The normalized spacial score (nSPS) is 17.5. The van der Waals surface area contributed by atoms with E-state index in [9.17, 15) is 13.2 Å². The predicted octanol–water partition coefficient (Wildman–Crippen LogP) is 6.09. The molecule has 3 aromatic rings. The number of ether oxygens (including phenoxy) is 1. The highest BCUT2D eigenvalue weighted by molar-refractivity contribution is 6.33. The van der Waals surface area contributed by atoms with Crippen LogP contribution in [0.1, 0.15) is 29.2 Å². The van der Waals surface area contributed by atoms with Crippen molar-refractivity contribution in [3.63, 3.8) is 0 Å². The number of halogens is 4. The molecule has 0 spiro atoms. The Labute approximate surface area is 170 Å². The van der Waals surface area contributed by atoms with Crippen LogP contribution in [-0.2, 0) is 6.18 Å². The maximum Gasteiger partial charge on any atom is 0.417 e. The molecule has 0 bridgehead atoms. The Balaban J connectivity index is 1.63. The average Bonchev–Trinajstić information content (AvgIpc) is 2.72. The number of anilines is 1. The minimum atomic E-state index is -4.51. The van der Waals surface area contributed by atoms with E-state index in [0.717, 1.165) is 23.4 Å². The molecule has 4 rings (SSSR count). The van der Waals surface area contributed by atoms with Crippen LogP contribution in [0.5, 0.6) is 5.75 Å². The minimum absolute atomic E-state index is 0.0485. The van der Waals surface area contributed by atoms with Crippen LogP contribution >= 0.6 is 11.6 Å². The maximum absolute atomic E-state index is 12.8. The Hall–Kier alpha value is -3.06.